The number of hydrogen-bond donors (Lipinski definition) is 1. The van der Waals surface area contributed by atoms with Crippen molar-refractivity contribution in [3.8, 4) is 5.75 Å². The number of ether oxygens (including phenoxy) is 1. The number of nitrogens with one attached hydrogen (secondary N) is 1. The summed E-state index contributed by atoms with van der Waals surface area (Å²) in [6, 6.07) is 9.91. The van der Waals surface area contributed by atoms with Gasteiger partial charge in [-0.25, -0.2) is 15.4 Å². The minimum absolute atomic E-state index is 0.516. The van der Waals surface area contributed by atoms with Crippen LogP contribution in [-0.4, -0.2) is 22.3 Å². The van der Waals surface area contributed by atoms with Gasteiger partial charge in [0, 0.05) is 11.4 Å². The second kappa shape index (κ2) is 9.01. The molecule has 0 atom stereocenters. The normalized spacial score (nSPS) is 11.4. The standard InChI is InChI=1S/C19H26N4O/c1-5-6-7-12-24-18-10-8-17(9-11-18)16(4)22-23-19-20-14(2)13-15(3)21-19/h8-11,13H,5-7,12H2,1-4H3,(H,20,21,23)/b22-16-. The van der Waals surface area contributed by atoms with E-state index < -0.39 is 0 Å². The third-order valence-electron chi connectivity index (χ3n) is 3.59. The molecule has 2 rings (SSSR count). The average molecular weight is 326 g/mol. The van der Waals surface area contributed by atoms with Crippen LogP contribution in [0.15, 0.2) is 35.4 Å². The molecule has 0 unspecified atom stereocenters. The van der Waals surface area contributed by atoms with E-state index in [1.807, 2.05) is 51.1 Å². The van der Waals surface area contributed by atoms with Gasteiger partial charge in [0.2, 0.25) is 5.95 Å². The van der Waals surface area contributed by atoms with Crippen LogP contribution in [-0.2, 0) is 0 Å². The van der Waals surface area contributed by atoms with Crippen molar-refractivity contribution in [3.63, 3.8) is 0 Å². The summed E-state index contributed by atoms with van der Waals surface area (Å²) in [5, 5.41) is 4.36. The minimum atomic E-state index is 0.516. The average Bonchev–Trinajstić information content (AvgIpc) is 2.56. The predicted octanol–water partition coefficient (Wildman–Crippen LogP) is 4.50. The SMILES string of the molecule is CCCCCOc1ccc(/C(C)=N\Nc2nc(C)cc(C)n2)cc1. The summed E-state index contributed by atoms with van der Waals surface area (Å²) in [5.74, 6) is 1.41. The number of hydrazone groups is 1. The number of aryl methyl sites for hydroxylation is 2. The molecule has 0 saturated heterocycles. The number of hydrogen-bond acceptors (Lipinski definition) is 5. The van der Waals surface area contributed by atoms with Crippen LogP contribution in [0, 0.1) is 13.8 Å². The van der Waals surface area contributed by atoms with Gasteiger partial charge in [0.15, 0.2) is 0 Å². The van der Waals surface area contributed by atoms with Crippen molar-refractivity contribution in [3.05, 3.63) is 47.3 Å². The zero-order valence-corrected chi connectivity index (χ0v) is 15.0. The molecule has 0 saturated carbocycles. The largest absolute Gasteiger partial charge is 0.494 e. The van der Waals surface area contributed by atoms with Crippen LogP contribution in [0.3, 0.4) is 0 Å². The zero-order valence-electron chi connectivity index (χ0n) is 15.0. The molecule has 5 nitrogen and oxygen atoms in total. The summed E-state index contributed by atoms with van der Waals surface area (Å²) in [7, 11) is 0. The lowest BCUT2D eigenvalue weighted by molar-refractivity contribution is 0.306. The third kappa shape index (κ3) is 5.65. The topological polar surface area (TPSA) is 59.4 Å². The first-order chi connectivity index (χ1) is 11.6. The highest BCUT2D eigenvalue weighted by molar-refractivity contribution is 5.99. The summed E-state index contributed by atoms with van der Waals surface area (Å²) in [6.45, 7) is 8.79. The zero-order chi connectivity index (χ0) is 17.4. The fraction of sp³-hybridized carbons (Fsp3) is 0.421. The molecule has 0 bridgehead atoms. The number of benzene rings is 1. The maximum Gasteiger partial charge on any atom is 0.243 e. The molecule has 0 fully saturated rings. The lowest BCUT2D eigenvalue weighted by Crippen LogP contribution is -2.04. The van der Waals surface area contributed by atoms with Crippen LogP contribution in [0.2, 0.25) is 0 Å². The quantitative estimate of drug-likeness (QED) is 0.441. The summed E-state index contributed by atoms with van der Waals surface area (Å²) in [5.41, 5.74) is 6.67. The molecule has 5 heteroatoms. The molecule has 2 aromatic rings. The first kappa shape index (κ1) is 17.9. The van der Waals surface area contributed by atoms with Crippen molar-refractivity contribution >= 4 is 11.7 Å². The van der Waals surface area contributed by atoms with Crippen molar-refractivity contribution in [1.82, 2.24) is 9.97 Å². The monoisotopic (exact) mass is 326 g/mol. The molecule has 128 valence electrons. The highest BCUT2D eigenvalue weighted by Gasteiger charge is 2.01. The lowest BCUT2D eigenvalue weighted by Gasteiger charge is -2.07. The van der Waals surface area contributed by atoms with Gasteiger partial charge in [-0.05, 0) is 63.1 Å². The third-order valence-corrected chi connectivity index (χ3v) is 3.59. The van der Waals surface area contributed by atoms with Gasteiger partial charge < -0.3 is 4.74 Å². The maximum atomic E-state index is 5.72. The van der Waals surface area contributed by atoms with E-state index in [0.29, 0.717) is 5.95 Å². The van der Waals surface area contributed by atoms with Crippen LogP contribution in [0.25, 0.3) is 0 Å². The second-order valence-electron chi connectivity index (χ2n) is 5.86. The smallest absolute Gasteiger partial charge is 0.243 e. The van der Waals surface area contributed by atoms with Gasteiger partial charge in [-0.15, -0.1) is 0 Å². The van der Waals surface area contributed by atoms with Crippen molar-refractivity contribution in [2.45, 2.75) is 47.0 Å². The van der Waals surface area contributed by atoms with Crippen LogP contribution in [0.1, 0.15) is 50.1 Å². The predicted molar refractivity (Wildman–Crippen MR) is 98.8 cm³/mol. The van der Waals surface area contributed by atoms with E-state index in [1.54, 1.807) is 0 Å². The first-order valence-electron chi connectivity index (χ1n) is 8.44. The van der Waals surface area contributed by atoms with Crippen LogP contribution >= 0.6 is 0 Å². The van der Waals surface area contributed by atoms with Gasteiger partial charge in [-0.2, -0.15) is 5.10 Å². The number of aromatic nitrogens is 2. The number of rotatable bonds is 8. The van der Waals surface area contributed by atoms with E-state index in [-0.39, 0.29) is 0 Å². The van der Waals surface area contributed by atoms with E-state index in [9.17, 15) is 0 Å². The van der Waals surface area contributed by atoms with E-state index in [2.05, 4.69) is 27.4 Å². The van der Waals surface area contributed by atoms with Gasteiger partial charge in [-0.3, -0.25) is 0 Å². The summed E-state index contributed by atoms with van der Waals surface area (Å²) < 4.78 is 5.72. The van der Waals surface area contributed by atoms with Gasteiger partial charge >= 0.3 is 0 Å². The van der Waals surface area contributed by atoms with Crippen LogP contribution < -0.4 is 10.2 Å². The van der Waals surface area contributed by atoms with Crippen molar-refractivity contribution < 1.29 is 4.74 Å². The van der Waals surface area contributed by atoms with E-state index in [1.165, 1.54) is 12.8 Å². The van der Waals surface area contributed by atoms with Crippen molar-refractivity contribution in [2.75, 3.05) is 12.0 Å². The Kier molecular flexibility index (Phi) is 6.73. The molecule has 0 aliphatic rings. The molecule has 1 aromatic heterocycles. The number of anilines is 1. The van der Waals surface area contributed by atoms with Crippen molar-refractivity contribution in [2.24, 2.45) is 5.10 Å². The molecule has 0 radical (unpaired) electrons. The Bertz CT molecular complexity index is 660. The molecule has 0 aliphatic heterocycles. The Morgan fingerprint density at radius 1 is 1.08 bits per heavy atom. The van der Waals surface area contributed by atoms with Gasteiger partial charge in [0.05, 0.1) is 12.3 Å². The molecule has 1 N–H and O–H groups in total. The second-order valence-corrected chi connectivity index (χ2v) is 5.86. The fourth-order valence-corrected chi connectivity index (χ4v) is 2.31. The summed E-state index contributed by atoms with van der Waals surface area (Å²) in [4.78, 5) is 8.63. The highest BCUT2D eigenvalue weighted by Crippen LogP contribution is 2.14. The van der Waals surface area contributed by atoms with Crippen molar-refractivity contribution in [1.29, 1.82) is 0 Å². The molecule has 1 heterocycles. The van der Waals surface area contributed by atoms with E-state index in [0.717, 1.165) is 41.4 Å². The molecular formula is C19H26N4O. The Balaban J connectivity index is 1.94. The minimum Gasteiger partial charge on any atom is -0.494 e. The molecule has 0 spiro atoms. The van der Waals surface area contributed by atoms with Gasteiger partial charge in [0.1, 0.15) is 5.75 Å². The number of nitrogens with zero attached hydrogens (tertiary/aromatic N) is 3. The van der Waals surface area contributed by atoms with Gasteiger partial charge in [-0.1, -0.05) is 19.8 Å². The number of unbranched alkanes of at least 4 members (excludes halogenated alkanes) is 2. The molecule has 1 aromatic carbocycles. The molecular weight excluding hydrogens is 300 g/mol. The van der Waals surface area contributed by atoms with Gasteiger partial charge in [0.25, 0.3) is 0 Å². The lowest BCUT2D eigenvalue weighted by atomic mass is 10.1. The Morgan fingerprint density at radius 3 is 2.38 bits per heavy atom. The van der Waals surface area contributed by atoms with Crippen LogP contribution in [0.5, 0.6) is 5.75 Å². The summed E-state index contributed by atoms with van der Waals surface area (Å²) in [6.07, 6.45) is 3.50. The molecule has 0 amide bonds. The summed E-state index contributed by atoms with van der Waals surface area (Å²) >= 11 is 0. The maximum absolute atomic E-state index is 5.72. The first-order valence-corrected chi connectivity index (χ1v) is 8.44. The highest BCUT2D eigenvalue weighted by atomic mass is 16.5. The fourth-order valence-electron chi connectivity index (χ4n) is 2.31. The van der Waals surface area contributed by atoms with E-state index in [4.69, 9.17) is 4.74 Å². The molecule has 24 heavy (non-hydrogen) atoms. The molecule has 0 aliphatic carbocycles. The van der Waals surface area contributed by atoms with E-state index >= 15 is 0 Å². The Labute approximate surface area is 144 Å². The Hall–Kier alpha value is -2.43. The van der Waals surface area contributed by atoms with Crippen LogP contribution in [0.4, 0.5) is 5.95 Å². The Morgan fingerprint density at radius 2 is 1.75 bits per heavy atom.